The Labute approximate surface area is 83.9 Å². The minimum absolute atomic E-state index is 0.119. The molecule has 0 aliphatic rings. The van der Waals surface area contributed by atoms with E-state index in [1.807, 2.05) is 20.8 Å². The zero-order valence-corrected chi connectivity index (χ0v) is 9.70. The van der Waals surface area contributed by atoms with Gasteiger partial charge >= 0.3 is 0 Å². The first-order valence-electron chi connectivity index (χ1n) is 4.25. The SMILES string of the molecule is CCC(=O)N(C(=O)SC)C(C)(C)C. The number of hydrogen-bond donors (Lipinski definition) is 0. The normalized spacial score (nSPS) is 11.2. The predicted octanol–water partition coefficient (Wildman–Crippen LogP) is 2.51. The van der Waals surface area contributed by atoms with E-state index in [0.29, 0.717) is 6.42 Å². The zero-order valence-electron chi connectivity index (χ0n) is 8.88. The van der Waals surface area contributed by atoms with Gasteiger partial charge in [0.25, 0.3) is 5.24 Å². The van der Waals surface area contributed by atoms with Crippen LogP contribution >= 0.6 is 11.8 Å². The summed E-state index contributed by atoms with van der Waals surface area (Å²) < 4.78 is 0. The second-order valence-corrected chi connectivity index (χ2v) is 4.48. The number of nitrogens with zero attached hydrogens (tertiary/aromatic N) is 1. The Balaban J connectivity index is 4.76. The van der Waals surface area contributed by atoms with E-state index in [9.17, 15) is 9.59 Å². The van der Waals surface area contributed by atoms with Crippen molar-refractivity contribution in [2.24, 2.45) is 0 Å². The van der Waals surface area contributed by atoms with Gasteiger partial charge in [0.15, 0.2) is 0 Å². The van der Waals surface area contributed by atoms with E-state index >= 15 is 0 Å². The van der Waals surface area contributed by atoms with Gasteiger partial charge in [0, 0.05) is 12.0 Å². The molecule has 0 aliphatic carbocycles. The molecule has 0 saturated heterocycles. The van der Waals surface area contributed by atoms with Crippen LogP contribution in [-0.2, 0) is 4.79 Å². The number of rotatable bonds is 1. The second kappa shape index (κ2) is 4.65. The summed E-state index contributed by atoms with van der Waals surface area (Å²) in [4.78, 5) is 24.2. The lowest BCUT2D eigenvalue weighted by Gasteiger charge is -2.32. The molecule has 2 amide bonds. The number of carbonyl (C=O) groups is 2. The highest BCUT2D eigenvalue weighted by molar-refractivity contribution is 8.13. The fourth-order valence-electron chi connectivity index (χ4n) is 0.999. The van der Waals surface area contributed by atoms with Gasteiger partial charge < -0.3 is 0 Å². The van der Waals surface area contributed by atoms with E-state index in [-0.39, 0.29) is 11.1 Å². The second-order valence-electron chi connectivity index (χ2n) is 3.72. The molecule has 0 heterocycles. The molecule has 76 valence electrons. The summed E-state index contributed by atoms with van der Waals surface area (Å²) in [5, 5.41) is -0.181. The van der Waals surface area contributed by atoms with Gasteiger partial charge in [-0.3, -0.25) is 14.5 Å². The molecule has 0 atom stereocenters. The summed E-state index contributed by atoms with van der Waals surface area (Å²) in [5.74, 6) is -0.119. The van der Waals surface area contributed by atoms with E-state index in [1.165, 1.54) is 4.90 Å². The van der Waals surface area contributed by atoms with Crippen LogP contribution in [0.15, 0.2) is 0 Å². The van der Waals surface area contributed by atoms with Crippen molar-refractivity contribution in [2.75, 3.05) is 6.26 Å². The van der Waals surface area contributed by atoms with Crippen LogP contribution in [0.5, 0.6) is 0 Å². The fraction of sp³-hybridized carbons (Fsp3) is 0.778. The number of imide groups is 1. The highest BCUT2D eigenvalue weighted by atomic mass is 32.2. The summed E-state index contributed by atoms with van der Waals surface area (Å²) in [6.45, 7) is 7.33. The Morgan fingerprint density at radius 2 is 1.77 bits per heavy atom. The molecule has 0 unspecified atom stereocenters. The van der Waals surface area contributed by atoms with Crippen molar-refractivity contribution in [2.45, 2.75) is 39.7 Å². The van der Waals surface area contributed by atoms with Gasteiger partial charge in [0.1, 0.15) is 0 Å². The van der Waals surface area contributed by atoms with E-state index in [4.69, 9.17) is 0 Å². The molecule has 0 N–H and O–H groups in total. The molecular weight excluding hydrogens is 186 g/mol. The molecular formula is C9H17NO2S. The Hall–Kier alpha value is -0.510. The first kappa shape index (κ1) is 12.5. The molecule has 13 heavy (non-hydrogen) atoms. The van der Waals surface area contributed by atoms with Crippen molar-refractivity contribution >= 4 is 22.9 Å². The van der Waals surface area contributed by atoms with Crippen LogP contribution < -0.4 is 0 Å². The Morgan fingerprint density at radius 1 is 1.31 bits per heavy atom. The number of hydrogen-bond acceptors (Lipinski definition) is 3. The van der Waals surface area contributed by atoms with Crippen molar-refractivity contribution in [3.8, 4) is 0 Å². The lowest BCUT2D eigenvalue weighted by Crippen LogP contribution is -2.47. The molecule has 0 fully saturated rings. The summed E-state index contributed by atoms with van der Waals surface area (Å²) in [5.41, 5.74) is -0.423. The van der Waals surface area contributed by atoms with E-state index in [2.05, 4.69) is 0 Å². The Morgan fingerprint density at radius 3 is 2.00 bits per heavy atom. The molecule has 0 radical (unpaired) electrons. The van der Waals surface area contributed by atoms with Crippen LogP contribution in [0.25, 0.3) is 0 Å². The van der Waals surface area contributed by atoms with E-state index < -0.39 is 5.54 Å². The van der Waals surface area contributed by atoms with Crippen molar-refractivity contribution < 1.29 is 9.59 Å². The maximum absolute atomic E-state index is 11.5. The summed E-state index contributed by atoms with van der Waals surface area (Å²) in [6, 6.07) is 0. The summed E-state index contributed by atoms with van der Waals surface area (Å²) >= 11 is 1.07. The highest BCUT2D eigenvalue weighted by Gasteiger charge is 2.30. The predicted molar refractivity (Wildman–Crippen MR) is 55.8 cm³/mol. The molecule has 0 bridgehead atoms. The molecule has 0 aromatic heterocycles. The molecule has 0 aliphatic heterocycles. The van der Waals surface area contributed by atoms with Gasteiger partial charge in [-0.25, -0.2) is 0 Å². The summed E-state index contributed by atoms with van der Waals surface area (Å²) in [6.07, 6.45) is 2.05. The molecule has 0 spiro atoms. The van der Waals surface area contributed by atoms with Crippen LogP contribution in [-0.4, -0.2) is 27.8 Å². The molecule has 0 rings (SSSR count). The van der Waals surface area contributed by atoms with Crippen molar-refractivity contribution in [1.82, 2.24) is 4.90 Å². The third kappa shape index (κ3) is 3.38. The molecule has 0 aromatic carbocycles. The first-order chi connectivity index (χ1) is 5.84. The van der Waals surface area contributed by atoms with Gasteiger partial charge in [0.2, 0.25) is 5.91 Å². The zero-order chi connectivity index (χ0) is 10.6. The Kier molecular flexibility index (Phi) is 4.47. The third-order valence-electron chi connectivity index (χ3n) is 1.58. The minimum atomic E-state index is -0.423. The van der Waals surface area contributed by atoms with Gasteiger partial charge in [-0.1, -0.05) is 18.7 Å². The van der Waals surface area contributed by atoms with E-state index in [1.54, 1.807) is 13.2 Å². The van der Waals surface area contributed by atoms with Crippen LogP contribution in [0.4, 0.5) is 4.79 Å². The number of carbonyl (C=O) groups excluding carboxylic acids is 2. The quantitative estimate of drug-likeness (QED) is 0.657. The minimum Gasteiger partial charge on any atom is -0.274 e. The van der Waals surface area contributed by atoms with Gasteiger partial charge in [0.05, 0.1) is 0 Å². The lowest BCUT2D eigenvalue weighted by molar-refractivity contribution is -0.130. The number of amides is 2. The van der Waals surface area contributed by atoms with Gasteiger partial charge in [-0.2, -0.15) is 0 Å². The standard InChI is InChI=1S/C9H17NO2S/c1-6-7(11)10(8(12)13-5)9(2,3)4/h6H2,1-5H3. The fourth-order valence-corrected chi connectivity index (χ4v) is 1.56. The highest BCUT2D eigenvalue weighted by Crippen LogP contribution is 2.19. The lowest BCUT2D eigenvalue weighted by atomic mass is 10.1. The Bertz CT molecular complexity index is 192. The molecule has 0 aromatic rings. The van der Waals surface area contributed by atoms with Crippen LogP contribution in [0, 0.1) is 0 Å². The first-order valence-corrected chi connectivity index (χ1v) is 5.48. The molecule has 4 heteroatoms. The van der Waals surface area contributed by atoms with Crippen LogP contribution in [0.3, 0.4) is 0 Å². The average molecular weight is 203 g/mol. The molecule has 0 saturated carbocycles. The van der Waals surface area contributed by atoms with Gasteiger partial charge in [-0.15, -0.1) is 0 Å². The maximum atomic E-state index is 11.5. The third-order valence-corrected chi connectivity index (χ3v) is 2.11. The van der Waals surface area contributed by atoms with Crippen molar-refractivity contribution in [1.29, 1.82) is 0 Å². The largest absolute Gasteiger partial charge is 0.288 e. The van der Waals surface area contributed by atoms with E-state index in [0.717, 1.165) is 11.8 Å². The maximum Gasteiger partial charge on any atom is 0.288 e. The smallest absolute Gasteiger partial charge is 0.274 e. The molecule has 3 nitrogen and oxygen atoms in total. The van der Waals surface area contributed by atoms with Crippen molar-refractivity contribution in [3.63, 3.8) is 0 Å². The summed E-state index contributed by atoms with van der Waals surface area (Å²) in [7, 11) is 0. The number of thioether (sulfide) groups is 1. The monoisotopic (exact) mass is 203 g/mol. The van der Waals surface area contributed by atoms with Gasteiger partial charge in [-0.05, 0) is 27.0 Å². The van der Waals surface area contributed by atoms with Crippen LogP contribution in [0.2, 0.25) is 0 Å². The topological polar surface area (TPSA) is 37.4 Å². The van der Waals surface area contributed by atoms with Crippen LogP contribution in [0.1, 0.15) is 34.1 Å². The van der Waals surface area contributed by atoms with Crippen molar-refractivity contribution in [3.05, 3.63) is 0 Å². The average Bonchev–Trinajstić information content (AvgIpc) is 2.01.